The topological polar surface area (TPSA) is 26.3 Å². The van der Waals surface area contributed by atoms with E-state index >= 15 is 0 Å². The number of hydrogen-bond donors (Lipinski definition) is 0. The average Bonchev–Trinajstić information content (AvgIpc) is 2.35. The van der Waals surface area contributed by atoms with Gasteiger partial charge in [-0.2, -0.15) is 0 Å². The molecule has 0 fully saturated rings. The summed E-state index contributed by atoms with van der Waals surface area (Å²) in [6.45, 7) is 5.48. The minimum atomic E-state index is 0.635. The van der Waals surface area contributed by atoms with Gasteiger partial charge in [0.2, 0.25) is 0 Å². The van der Waals surface area contributed by atoms with Crippen LogP contribution in [0.2, 0.25) is 0 Å². The van der Waals surface area contributed by atoms with E-state index in [2.05, 4.69) is 6.58 Å². The van der Waals surface area contributed by atoms with E-state index in [0.717, 1.165) is 12.0 Å². The first-order valence-corrected chi connectivity index (χ1v) is 4.98. The van der Waals surface area contributed by atoms with Crippen molar-refractivity contribution in [2.75, 3.05) is 0 Å². The smallest absolute Gasteiger partial charge is 0.150 e. The van der Waals surface area contributed by atoms with E-state index in [1.54, 1.807) is 36.4 Å². The van der Waals surface area contributed by atoms with Gasteiger partial charge in [0.05, 0.1) is 0 Å². The summed E-state index contributed by atoms with van der Waals surface area (Å²) in [6.07, 6.45) is 7.96. The minimum Gasteiger partial charge on any atom is -0.458 e. The minimum absolute atomic E-state index is 0.635. The van der Waals surface area contributed by atoms with Crippen molar-refractivity contribution in [1.29, 1.82) is 0 Å². The van der Waals surface area contributed by atoms with Crippen molar-refractivity contribution < 1.29 is 9.53 Å². The highest BCUT2D eigenvalue weighted by molar-refractivity contribution is 5.74. The lowest BCUT2D eigenvalue weighted by atomic mass is 10.2. The monoisotopic (exact) mass is 214 g/mol. The summed E-state index contributed by atoms with van der Waals surface area (Å²) in [5.41, 5.74) is 0.635. The highest BCUT2D eigenvalue weighted by atomic mass is 16.5. The molecule has 0 unspecified atom stereocenters. The molecule has 0 N–H and O–H groups in total. The Labute approximate surface area is 95.6 Å². The largest absolute Gasteiger partial charge is 0.458 e. The van der Waals surface area contributed by atoms with Crippen LogP contribution < -0.4 is 4.74 Å². The molecule has 0 aromatic heterocycles. The van der Waals surface area contributed by atoms with Crippen LogP contribution in [0.3, 0.4) is 0 Å². The van der Waals surface area contributed by atoms with Gasteiger partial charge in [0.1, 0.15) is 17.8 Å². The van der Waals surface area contributed by atoms with Crippen LogP contribution in [-0.4, -0.2) is 6.29 Å². The van der Waals surface area contributed by atoms with Crippen LogP contribution >= 0.6 is 0 Å². The van der Waals surface area contributed by atoms with E-state index < -0.39 is 0 Å². The Hall–Kier alpha value is -2.09. The van der Waals surface area contributed by atoms with Gasteiger partial charge < -0.3 is 4.74 Å². The van der Waals surface area contributed by atoms with Gasteiger partial charge in [0.25, 0.3) is 0 Å². The molecule has 16 heavy (non-hydrogen) atoms. The van der Waals surface area contributed by atoms with Gasteiger partial charge in [-0.05, 0) is 43.3 Å². The molecule has 2 heteroatoms. The maximum atomic E-state index is 10.5. The van der Waals surface area contributed by atoms with Crippen molar-refractivity contribution in [2.45, 2.75) is 6.92 Å². The van der Waals surface area contributed by atoms with Crippen molar-refractivity contribution in [1.82, 2.24) is 0 Å². The lowest BCUT2D eigenvalue weighted by Crippen LogP contribution is -1.91. The van der Waals surface area contributed by atoms with E-state index in [1.165, 1.54) is 0 Å². The summed E-state index contributed by atoms with van der Waals surface area (Å²) in [5, 5.41) is 0. The maximum Gasteiger partial charge on any atom is 0.150 e. The maximum absolute atomic E-state index is 10.5. The Bertz CT molecular complexity index is 411. The lowest BCUT2D eigenvalue weighted by Gasteiger charge is -2.05. The SMILES string of the molecule is C=C/C=C\C(=C/C)Oc1ccc(C=O)cc1. The molecule has 0 aliphatic heterocycles. The fourth-order valence-corrected chi connectivity index (χ4v) is 1.10. The predicted molar refractivity (Wildman–Crippen MR) is 65.6 cm³/mol. The van der Waals surface area contributed by atoms with Gasteiger partial charge in [-0.25, -0.2) is 0 Å². The summed E-state index contributed by atoms with van der Waals surface area (Å²) in [6, 6.07) is 6.95. The molecule has 0 bridgehead atoms. The summed E-state index contributed by atoms with van der Waals surface area (Å²) in [5.74, 6) is 1.44. The molecule has 1 rings (SSSR count). The Morgan fingerprint density at radius 1 is 1.31 bits per heavy atom. The second kappa shape index (κ2) is 6.40. The Morgan fingerprint density at radius 2 is 2.00 bits per heavy atom. The number of benzene rings is 1. The summed E-state index contributed by atoms with van der Waals surface area (Å²) < 4.78 is 5.58. The van der Waals surface area contributed by atoms with Gasteiger partial charge >= 0.3 is 0 Å². The van der Waals surface area contributed by atoms with Crippen LogP contribution in [-0.2, 0) is 0 Å². The molecule has 0 radical (unpaired) electrons. The Kier molecular flexibility index (Phi) is 4.80. The van der Waals surface area contributed by atoms with E-state index in [0.29, 0.717) is 11.3 Å². The third kappa shape index (κ3) is 3.58. The summed E-state index contributed by atoms with van der Waals surface area (Å²) >= 11 is 0. The molecule has 0 saturated carbocycles. The number of aldehydes is 1. The molecular weight excluding hydrogens is 200 g/mol. The van der Waals surface area contributed by atoms with E-state index in [4.69, 9.17) is 4.74 Å². The first kappa shape index (κ1) is 12.0. The van der Waals surface area contributed by atoms with Gasteiger partial charge in [0, 0.05) is 5.56 Å². The van der Waals surface area contributed by atoms with Gasteiger partial charge in [0.15, 0.2) is 0 Å². The Balaban J connectivity index is 2.74. The molecule has 0 aliphatic carbocycles. The zero-order valence-corrected chi connectivity index (χ0v) is 9.22. The van der Waals surface area contributed by atoms with Crippen LogP contribution in [0.1, 0.15) is 17.3 Å². The van der Waals surface area contributed by atoms with Crippen LogP contribution in [0.4, 0.5) is 0 Å². The molecule has 0 amide bonds. The third-order valence-corrected chi connectivity index (χ3v) is 1.93. The average molecular weight is 214 g/mol. The van der Waals surface area contributed by atoms with Crippen molar-refractivity contribution in [3.8, 4) is 5.75 Å². The molecule has 1 aromatic rings. The Morgan fingerprint density at radius 3 is 2.50 bits per heavy atom. The van der Waals surface area contributed by atoms with Crippen LogP contribution in [0.5, 0.6) is 5.75 Å². The van der Waals surface area contributed by atoms with Gasteiger partial charge in [-0.3, -0.25) is 4.79 Å². The number of allylic oxidation sites excluding steroid dienone is 4. The molecule has 0 heterocycles. The number of rotatable bonds is 5. The first-order valence-electron chi connectivity index (χ1n) is 4.98. The van der Waals surface area contributed by atoms with E-state index in [9.17, 15) is 4.79 Å². The fraction of sp³-hybridized carbons (Fsp3) is 0.0714. The van der Waals surface area contributed by atoms with Crippen molar-refractivity contribution in [3.63, 3.8) is 0 Å². The molecule has 2 nitrogen and oxygen atoms in total. The van der Waals surface area contributed by atoms with Gasteiger partial charge in [-0.15, -0.1) is 0 Å². The zero-order valence-electron chi connectivity index (χ0n) is 9.22. The highest BCUT2D eigenvalue weighted by Gasteiger charge is 1.96. The molecule has 0 spiro atoms. The molecule has 0 atom stereocenters. The fourth-order valence-electron chi connectivity index (χ4n) is 1.10. The predicted octanol–water partition coefficient (Wildman–Crippen LogP) is 3.52. The number of carbonyl (C=O) groups excluding carboxylic acids is 1. The molecule has 1 aromatic carbocycles. The number of ether oxygens (including phenoxy) is 1. The summed E-state index contributed by atoms with van der Waals surface area (Å²) in [4.78, 5) is 10.5. The zero-order chi connectivity index (χ0) is 11.8. The van der Waals surface area contributed by atoms with Crippen molar-refractivity contribution in [3.05, 3.63) is 66.5 Å². The van der Waals surface area contributed by atoms with E-state index in [-0.39, 0.29) is 0 Å². The first-order chi connectivity index (χ1) is 7.80. The molecule has 82 valence electrons. The van der Waals surface area contributed by atoms with Crippen LogP contribution in [0.25, 0.3) is 0 Å². The van der Waals surface area contributed by atoms with Crippen LogP contribution in [0.15, 0.2) is 60.9 Å². The standard InChI is InChI=1S/C14H14O2/c1-3-5-6-13(4-2)16-14-9-7-12(11-15)8-10-14/h3-11H,1H2,2H3/b6-5-,13-4+. The lowest BCUT2D eigenvalue weighted by molar-refractivity contribution is 0.112. The second-order valence-corrected chi connectivity index (χ2v) is 3.07. The van der Waals surface area contributed by atoms with E-state index in [1.807, 2.05) is 19.1 Å². The summed E-state index contributed by atoms with van der Waals surface area (Å²) in [7, 11) is 0. The molecule has 0 aliphatic rings. The van der Waals surface area contributed by atoms with Gasteiger partial charge in [-0.1, -0.05) is 18.7 Å². The molecular formula is C14H14O2. The number of hydrogen-bond acceptors (Lipinski definition) is 2. The van der Waals surface area contributed by atoms with Crippen molar-refractivity contribution in [2.24, 2.45) is 0 Å². The second-order valence-electron chi connectivity index (χ2n) is 3.07. The van der Waals surface area contributed by atoms with Crippen LogP contribution in [0, 0.1) is 0 Å². The van der Waals surface area contributed by atoms with Crippen molar-refractivity contribution >= 4 is 6.29 Å². The third-order valence-electron chi connectivity index (χ3n) is 1.93. The number of carbonyl (C=O) groups is 1. The quantitative estimate of drug-likeness (QED) is 0.426. The highest BCUT2D eigenvalue weighted by Crippen LogP contribution is 2.15. The normalized spacial score (nSPS) is 11.4. The molecule has 0 saturated heterocycles.